The Labute approximate surface area is 155 Å². The minimum absolute atomic E-state index is 0.268. The number of para-hydroxylation sites is 1. The standard InChI is InChI=1S/C20H17N5S/c1-13-12-19(25-20(21)23-13)24-14-6-8-15(9-7-14)26-18-10-11-22-17-5-3-2-4-16(17)18/h2-12H,1H3,(H3,21,23,24,25). The molecule has 2 heterocycles. The van der Waals surface area contributed by atoms with Crippen molar-refractivity contribution in [1.29, 1.82) is 0 Å². The van der Waals surface area contributed by atoms with Crippen molar-refractivity contribution in [2.24, 2.45) is 0 Å². The number of fused-ring (bicyclic) bond motifs is 1. The van der Waals surface area contributed by atoms with Gasteiger partial charge in [0.2, 0.25) is 5.95 Å². The summed E-state index contributed by atoms with van der Waals surface area (Å²) in [6.45, 7) is 1.89. The number of nitrogens with one attached hydrogen (secondary N) is 1. The first-order valence-electron chi connectivity index (χ1n) is 8.17. The Kier molecular flexibility index (Phi) is 4.41. The van der Waals surface area contributed by atoms with Crippen molar-refractivity contribution in [3.8, 4) is 0 Å². The van der Waals surface area contributed by atoms with Gasteiger partial charge in [0.1, 0.15) is 5.82 Å². The van der Waals surface area contributed by atoms with Gasteiger partial charge in [0.25, 0.3) is 0 Å². The van der Waals surface area contributed by atoms with Gasteiger partial charge in [-0.05, 0) is 43.3 Å². The van der Waals surface area contributed by atoms with Crippen LogP contribution < -0.4 is 11.1 Å². The number of nitrogen functional groups attached to an aromatic ring is 1. The van der Waals surface area contributed by atoms with E-state index in [2.05, 4.69) is 38.5 Å². The van der Waals surface area contributed by atoms with Crippen LogP contribution in [-0.4, -0.2) is 15.0 Å². The molecule has 0 amide bonds. The van der Waals surface area contributed by atoms with Crippen LogP contribution in [0.3, 0.4) is 0 Å². The van der Waals surface area contributed by atoms with E-state index in [1.54, 1.807) is 11.8 Å². The molecule has 4 aromatic rings. The fraction of sp³-hybridized carbons (Fsp3) is 0.0500. The minimum atomic E-state index is 0.268. The number of anilines is 3. The number of pyridine rings is 1. The van der Waals surface area contributed by atoms with E-state index in [0.29, 0.717) is 5.82 Å². The van der Waals surface area contributed by atoms with Crippen LogP contribution in [0.25, 0.3) is 10.9 Å². The maximum atomic E-state index is 5.70. The normalized spacial score (nSPS) is 10.8. The van der Waals surface area contributed by atoms with Crippen molar-refractivity contribution in [3.63, 3.8) is 0 Å². The maximum absolute atomic E-state index is 5.70. The third-order valence-electron chi connectivity index (χ3n) is 3.84. The van der Waals surface area contributed by atoms with Crippen LogP contribution in [0.1, 0.15) is 5.69 Å². The van der Waals surface area contributed by atoms with Crippen LogP contribution in [0, 0.1) is 6.92 Å². The predicted octanol–water partition coefficient (Wildman–Crippen LogP) is 4.81. The number of nitrogens with zero attached hydrogens (tertiary/aromatic N) is 3. The van der Waals surface area contributed by atoms with E-state index in [-0.39, 0.29) is 5.95 Å². The van der Waals surface area contributed by atoms with E-state index in [4.69, 9.17) is 5.73 Å². The Morgan fingerprint density at radius 2 is 1.77 bits per heavy atom. The molecule has 0 unspecified atom stereocenters. The number of hydrogen-bond donors (Lipinski definition) is 2. The van der Waals surface area contributed by atoms with Crippen molar-refractivity contribution in [1.82, 2.24) is 15.0 Å². The number of rotatable bonds is 4. The molecular formula is C20H17N5S. The second kappa shape index (κ2) is 7.01. The molecule has 0 aliphatic rings. The van der Waals surface area contributed by atoms with E-state index in [9.17, 15) is 0 Å². The number of aryl methyl sites for hydroxylation is 1. The third-order valence-corrected chi connectivity index (χ3v) is 4.92. The van der Waals surface area contributed by atoms with Gasteiger partial charge < -0.3 is 11.1 Å². The number of aromatic nitrogens is 3. The van der Waals surface area contributed by atoms with Crippen molar-refractivity contribution < 1.29 is 0 Å². The zero-order valence-corrected chi connectivity index (χ0v) is 15.0. The molecule has 0 fully saturated rings. The predicted molar refractivity (Wildman–Crippen MR) is 107 cm³/mol. The molecule has 0 saturated carbocycles. The van der Waals surface area contributed by atoms with Gasteiger partial charge in [-0.15, -0.1) is 0 Å². The first kappa shape index (κ1) is 16.4. The lowest BCUT2D eigenvalue weighted by atomic mass is 10.2. The summed E-state index contributed by atoms with van der Waals surface area (Å²) in [5.41, 5.74) is 8.49. The zero-order valence-electron chi connectivity index (χ0n) is 14.2. The van der Waals surface area contributed by atoms with Crippen LogP contribution >= 0.6 is 11.8 Å². The van der Waals surface area contributed by atoms with Gasteiger partial charge >= 0.3 is 0 Å². The first-order chi connectivity index (χ1) is 12.7. The monoisotopic (exact) mass is 359 g/mol. The second-order valence-electron chi connectivity index (χ2n) is 5.83. The SMILES string of the molecule is Cc1cc(Nc2ccc(Sc3ccnc4ccccc34)cc2)nc(N)n1. The molecule has 6 heteroatoms. The topological polar surface area (TPSA) is 76.7 Å². The highest BCUT2D eigenvalue weighted by Crippen LogP contribution is 2.33. The van der Waals surface area contributed by atoms with Gasteiger partial charge in [-0.3, -0.25) is 4.98 Å². The first-order valence-corrected chi connectivity index (χ1v) is 8.99. The lowest BCUT2D eigenvalue weighted by Gasteiger charge is -2.09. The van der Waals surface area contributed by atoms with Gasteiger partial charge in [-0.2, -0.15) is 4.98 Å². The average Bonchev–Trinajstić information content (AvgIpc) is 2.63. The number of hydrogen-bond acceptors (Lipinski definition) is 6. The van der Waals surface area contributed by atoms with Crippen LogP contribution in [0.15, 0.2) is 76.7 Å². The molecule has 0 aliphatic heterocycles. The molecule has 2 aromatic heterocycles. The van der Waals surface area contributed by atoms with Gasteiger partial charge in [-0.25, -0.2) is 4.98 Å². The minimum Gasteiger partial charge on any atom is -0.368 e. The summed E-state index contributed by atoms with van der Waals surface area (Å²) >= 11 is 1.72. The molecule has 0 atom stereocenters. The summed E-state index contributed by atoms with van der Waals surface area (Å²) < 4.78 is 0. The second-order valence-corrected chi connectivity index (χ2v) is 6.95. The molecule has 128 valence electrons. The molecular weight excluding hydrogens is 342 g/mol. The van der Waals surface area contributed by atoms with Crippen molar-refractivity contribution >= 4 is 40.1 Å². The van der Waals surface area contributed by atoms with E-state index in [1.807, 2.05) is 55.6 Å². The molecule has 0 spiro atoms. The summed E-state index contributed by atoms with van der Waals surface area (Å²) in [4.78, 5) is 15.0. The molecule has 3 N–H and O–H groups in total. The summed E-state index contributed by atoms with van der Waals surface area (Å²) in [5, 5.41) is 4.42. The van der Waals surface area contributed by atoms with E-state index < -0.39 is 0 Å². The highest BCUT2D eigenvalue weighted by atomic mass is 32.2. The van der Waals surface area contributed by atoms with Crippen molar-refractivity contribution in [3.05, 3.63) is 72.6 Å². The van der Waals surface area contributed by atoms with Crippen LogP contribution in [0.5, 0.6) is 0 Å². The van der Waals surface area contributed by atoms with E-state index in [0.717, 1.165) is 27.2 Å². The van der Waals surface area contributed by atoms with E-state index in [1.165, 1.54) is 4.90 Å². The molecule has 4 rings (SSSR count). The van der Waals surface area contributed by atoms with Gasteiger partial charge in [-0.1, -0.05) is 30.0 Å². The maximum Gasteiger partial charge on any atom is 0.222 e. The van der Waals surface area contributed by atoms with E-state index >= 15 is 0 Å². The number of benzene rings is 2. The Balaban J connectivity index is 1.54. The largest absolute Gasteiger partial charge is 0.368 e. The van der Waals surface area contributed by atoms with Crippen molar-refractivity contribution in [2.75, 3.05) is 11.1 Å². The fourth-order valence-corrected chi connectivity index (χ4v) is 3.63. The van der Waals surface area contributed by atoms with Gasteiger partial charge in [0.15, 0.2) is 0 Å². The quantitative estimate of drug-likeness (QED) is 0.544. The highest BCUT2D eigenvalue weighted by molar-refractivity contribution is 7.99. The zero-order chi connectivity index (χ0) is 17.9. The smallest absolute Gasteiger partial charge is 0.222 e. The summed E-state index contributed by atoms with van der Waals surface area (Å²) in [6, 6.07) is 20.3. The van der Waals surface area contributed by atoms with Crippen molar-refractivity contribution in [2.45, 2.75) is 16.7 Å². The molecule has 0 saturated heterocycles. The fourth-order valence-electron chi connectivity index (χ4n) is 2.70. The summed E-state index contributed by atoms with van der Waals surface area (Å²) in [6.07, 6.45) is 1.85. The Bertz CT molecular complexity index is 1040. The molecule has 0 radical (unpaired) electrons. The Morgan fingerprint density at radius 3 is 2.58 bits per heavy atom. The van der Waals surface area contributed by atoms with Gasteiger partial charge in [0.05, 0.1) is 5.52 Å². The van der Waals surface area contributed by atoms with Crippen LogP contribution in [-0.2, 0) is 0 Å². The molecule has 2 aromatic carbocycles. The molecule has 0 aliphatic carbocycles. The molecule has 26 heavy (non-hydrogen) atoms. The van der Waals surface area contributed by atoms with Gasteiger partial charge in [0, 0.05) is 38.8 Å². The lowest BCUT2D eigenvalue weighted by Crippen LogP contribution is -2.01. The molecule has 0 bridgehead atoms. The lowest BCUT2D eigenvalue weighted by molar-refractivity contribution is 1.12. The van der Waals surface area contributed by atoms with Crippen LogP contribution in [0.2, 0.25) is 0 Å². The summed E-state index contributed by atoms with van der Waals surface area (Å²) in [5.74, 6) is 0.958. The average molecular weight is 359 g/mol. The Morgan fingerprint density at radius 1 is 0.962 bits per heavy atom. The molecule has 5 nitrogen and oxygen atoms in total. The number of nitrogens with two attached hydrogens (primary N) is 1. The highest BCUT2D eigenvalue weighted by Gasteiger charge is 2.05. The van der Waals surface area contributed by atoms with Crippen LogP contribution in [0.4, 0.5) is 17.5 Å². The third kappa shape index (κ3) is 3.60. The Hall–Kier alpha value is -3.12. The summed E-state index contributed by atoms with van der Waals surface area (Å²) in [7, 11) is 0.